The molecule has 2 nitrogen and oxygen atoms in total. The van der Waals surface area contributed by atoms with Gasteiger partial charge in [-0.1, -0.05) is 90.4 Å². The van der Waals surface area contributed by atoms with E-state index in [1.54, 1.807) is 13.8 Å². The summed E-state index contributed by atoms with van der Waals surface area (Å²) >= 11 is 0. The van der Waals surface area contributed by atoms with Crippen LogP contribution in [0.25, 0.3) is 5.57 Å². The molecule has 4 aromatic rings. The van der Waals surface area contributed by atoms with E-state index in [0.29, 0.717) is 33.9 Å². The summed E-state index contributed by atoms with van der Waals surface area (Å²) in [5.41, 5.74) is 8.07. The number of benzene rings is 3. The van der Waals surface area contributed by atoms with Crippen LogP contribution in [0.5, 0.6) is 0 Å². The molecule has 3 heterocycles. The fraction of sp³-hybridized carbons (Fsp3) is 0.114. The van der Waals surface area contributed by atoms with Gasteiger partial charge in [-0.3, -0.25) is 0 Å². The summed E-state index contributed by atoms with van der Waals surface area (Å²) in [6.07, 6.45) is 0. The minimum atomic E-state index is -4.21. The molecule has 0 atom stereocenters. The Hall–Kier alpha value is -4.87. The first-order valence-corrected chi connectivity index (χ1v) is 13.3. The lowest BCUT2D eigenvalue weighted by Crippen LogP contribution is -2.51. The van der Waals surface area contributed by atoms with E-state index >= 15 is 8.63 Å². The highest BCUT2D eigenvalue weighted by Gasteiger charge is 2.57. The highest BCUT2D eigenvalue weighted by molar-refractivity contribution is 6.58. The maximum absolute atomic E-state index is 16.8. The summed E-state index contributed by atoms with van der Waals surface area (Å²) in [5.74, 6) is 12.8. The largest absolute Gasteiger partial charge is 0.737 e. The minimum absolute atomic E-state index is 0.461. The molecule has 0 N–H and O–H groups in total. The number of allylic oxidation sites excluding steroid dienone is 2. The maximum atomic E-state index is 16.8. The van der Waals surface area contributed by atoms with Gasteiger partial charge in [-0.2, -0.15) is 0 Å². The van der Waals surface area contributed by atoms with Crippen LogP contribution in [0.2, 0.25) is 0 Å². The van der Waals surface area contributed by atoms with Crippen LogP contribution in [-0.2, 0) is 0 Å². The predicted molar refractivity (Wildman–Crippen MR) is 159 cm³/mol. The van der Waals surface area contributed by atoms with Crippen LogP contribution in [0.1, 0.15) is 53.1 Å². The second-order valence-electron chi connectivity index (χ2n) is 10.2. The topological polar surface area (TPSA) is 7.94 Å². The van der Waals surface area contributed by atoms with Crippen molar-refractivity contribution in [2.45, 2.75) is 27.7 Å². The molecule has 0 amide bonds. The van der Waals surface area contributed by atoms with Gasteiger partial charge in [0.2, 0.25) is 0 Å². The van der Waals surface area contributed by atoms with Crippen molar-refractivity contribution >= 4 is 18.3 Å². The summed E-state index contributed by atoms with van der Waals surface area (Å²) in [4.78, 5) is 0. The summed E-state index contributed by atoms with van der Waals surface area (Å²) in [5, 5.41) is 0. The van der Waals surface area contributed by atoms with Crippen LogP contribution >= 0.6 is 0 Å². The first-order chi connectivity index (χ1) is 19.3. The van der Waals surface area contributed by atoms with E-state index < -0.39 is 6.97 Å². The van der Waals surface area contributed by atoms with Crippen LogP contribution in [-0.4, -0.2) is 21.6 Å². The highest BCUT2D eigenvalue weighted by atomic mass is 19.2. The van der Waals surface area contributed by atoms with Crippen LogP contribution in [0.3, 0.4) is 0 Å². The molecule has 194 valence electrons. The number of rotatable bonds is 1. The van der Waals surface area contributed by atoms with E-state index in [9.17, 15) is 0 Å². The molecule has 40 heavy (non-hydrogen) atoms. The number of fused-ring (bicyclic) bond motifs is 2. The zero-order valence-electron chi connectivity index (χ0n) is 22.9. The number of hydrogen-bond donors (Lipinski definition) is 0. The Morgan fingerprint density at radius 1 is 0.675 bits per heavy atom. The van der Waals surface area contributed by atoms with Gasteiger partial charge in [-0.25, -0.2) is 0 Å². The average molecular weight is 524 g/mol. The Morgan fingerprint density at radius 2 is 1.20 bits per heavy atom. The van der Waals surface area contributed by atoms with E-state index in [1.165, 1.54) is 8.96 Å². The molecule has 0 saturated heterocycles. The Balaban J connectivity index is 1.65. The van der Waals surface area contributed by atoms with E-state index in [4.69, 9.17) is 0 Å². The van der Waals surface area contributed by atoms with Crippen molar-refractivity contribution in [3.8, 4) is 23.7 Å². The van der Waals surface area contributed by atoms with E-state index in [2.05, 4.69) is 23.7 Å². The molecule has 0 saturated carbocycles. The molecule has 6 rings (SSSR count). The summed E-state index contributed by atoms with van der Waals surface area (Å²) < 4.78 is 36.0. The first-order valence-electron chi connectivity index (χ1n) is 13.3. The number of halogens is 2. The van der Waals surface area contributed by atoms with E-state index in [-0.39, 0.29) is 0 Å². The molecule has 0 fully saturated rings. The van der Waals surface area contributed by atoms with Crippen LogP contribution < -0.4 is 0 Å². The van der Waals surface area contributed by atoms with Crippen molar-refractivity contribution < 1.29 is 13.1 Å². The molecule has 0 unspecified atom stereocenters. The monoisotopic (exact) mass is 524 g/mol. The first kappa shape index (κ1) is 25.4. The summed E-state index contributed by atoms with van der Waals surface area (Å²) in [6.45, 7) is 3.09. The Labute approximate surface area is 234 Å². The Bertz CT molecular complexity index is 1890. The molecule has 3 aromatic carbocycles. The van der Waals surface area contributed by atoms with E-state index in [0.717, 1.165) is 33.4 Å². The van der Waals surface area contributed by atoms with Crippen LogP contribution in [0, 0.1) is 37.5 Å². The normalized spacial score (nSPS) is 15.2. The van der Waals surface area contributed by atoms with Crippen molar-refractivity contribution in [2.24, 2.45) is 0 Å². The molecule has 0 aliphatic carbocycles. The van der Waals surface area contributed by atoms with Crippen molar-refractivity contribution in [1.29, 1.82) is 0 Å². The SMILES string of the molecule is CC1=C(C#Cc2ccccc2)C(C)=[N+]2C1=C(c1ccccc1)c1c(C)c(C#Cc3ccccc3)c(C)n1[B-]2(F)F. The van der Waals surface area contributed by atoms with Crippen LogP contribution in [0.15, 0.2) is 108 Å². The zero-order valence-corrected chi connectivity index (χ0v) is 22.9. The third-order valence-corrected chi connectivity index (χ3v) is 7.76. The molecule has 5 heteroatoms. The lowest BCUT2D eigenvalue weighted by molar-refractivity contribution is -0.363. The number of nitrogens with zero attached hydrogens (tertiary/aromatic N) is 2. The molecule has 2 aliphatic heterocycles. The van der Waals surface area contributed by atoms with Crippen molar-refractivity contribution in [2.75, 3.05) is 0 Å². The van der Waals surface area contributed by atoms with Gasteiger partial charge < -0.3 is 17.6 Å². The number of hydrogen-bond acceptors (Lipinski definition) is 0. The summed E-state index contributed by atoms with van der Waals surface area (Å²) in [7, 11) is 0. The van der Waals surface area contributed by atoms with Crippen molar-refractivity contribution in [3.05, 3.63) is 147 Å². The Morgan fingerprint density at radius 3 is 1.77 bits per heavy atom. The molecule has 0 spiro atoms. The molecule has 2 aliphatic rings. The Kier molecular flexibility index (Phi) is 6.17. The third-order valence-electron chi connectivity index (χ3n) is 7.76. The highest BCUT2D eigenvalue weighted by Crippen LogP contribution is 2.46. The fourth-order valence-corrected chi connectivity index (χ4v) is 5.90. The minimum Gasteiger partial charge on any atom is -0.392 e. The predicted octanol–water partition coefficient (Wildman–Crippen LogP) is 7.36. The van der Waals surface area contributed by atoms with Gasteiger partial charge in [0, 0.05) is 40.6 Å². The molecule has 0 radical (unpaired) electrons. The quantitative estimate of drug-likeness (QED) is 0.182. The second-order valence-corrected chi connectivity index (χ2v) is 10.2. The third kappa shape index (κ3) is 3.94. The van der Waals surface area contributed by atoms with Gasteiger partial charge in [-0.05, 0) is 56.2 Å². The zero-order chi connectivity index (χ0) is 28.0. The molecular weight excluding hydrogens is 497 g/mol. The molecule has 1 aromatic heterocycles. The standard InChI is InChI=1S/C35H27BF2N2/c1-24-31(22-20-28-14-8-5-9-15-28)26(3)39-34(24)33(30-18-12-7-13-19-30)35-25(2)32(27(4)40(35)36(39,37)38)23-21-29-16-10-6-11-17-29/h5-19H,1-4H3. The maximum Gasteiger partial charge on any atom is 0.737 e. The van der Waals surface area contributed by atoms with Gasteiger partial charge in [0.05, 0.1) is 11.1 Å². The smallest absolute Gasteiger partial charge is 0.392 e. The van der Waals surface area contributed by atoms with Crippen molar-refractivity contribution in [1.82, 2.24) is 4.48 Å². The second kappa shape index (κ2) is 9.71. The van der Waals surface area contributed by atoms with Gasteiger partial charge >= 0.3 is 6.97 Å². The van der Waals surface area contributed by atoms with Gasteiger partial charge in [-0.15, -0.1) is 0 Å². The average Bonchev–Trinajstić information content (AvgIpc) is 3.37. The van der Waals surface area contributed by atoms with Gasteiger partial charge in [0.1, 0.15) is 5.71 Å². The van der Waals surface area contributed by atoms with Crippen molar-refractivity contribution in [3.63, 3.8) is 0 Å². The fourth-order valence-electron chi connectivity index (χ4n) is 5.90. The van der Waals surface area contributed by atoms with Crippen LogP contribution in [0.4, 0.5) is 8.63 Å². The molecule has 0 bridgehead atoms. The van der Waals surface area contributed by atoms with E-state index in [1.807, 2.05) is 105 Å². The lowest BCUT2D eigenvalue weighted by atomic mass is 9.84. The van der Waals surface area contributed by atoms with Gasteiger partial charge in [0.25, 0.3) is 0 Å². The lowest BCUT2D eigenvalue weighted by Gasteiger charge is -2.33. The van der Waals surface area contributed by atoms with Gasteiger partial charge in [0.15, 0.2) is 5.70 Å². The molecular formula is C35H27BF2N2. The number of aromatic nitrogens is 1. The summed E-state index contributed by atoms with van der Waals surface area (Å²) in [6, 6.07) is 29.0.